The summed E-state index contributed by atoms with van der Waals surface area (Å²) < 4.78 is 0. The summed E-state index contributed by atoms with van der Waals surface area (Å²) in [5, 5.41) is 2.78. The summed E-state index contributed by atoms with van der Waals surface area (Å²) in [5.74, 6) is -1.78. The third kappa shape index (κ3) is 3.42. The Morgan fingerprint density at radius 3 is 2.23 bits per heavy atom. The molecule has 0 fully saturated rings. The molecule has 22 heavy (non-hydrogen) atoms. The summed E-state index contributed by atoms with van der Waals surface area (Å²) in [6, 6.07) is 10.3. The van der Waals surface area contributed by atoms with Gasteiger partial charge in [-0.15, -0.1) is 0 Å². The Bertz CT molecular complexity index is 774. The molecule has 0 heterocycles. The van der Waals surface area contributed by atoms with Gasteiger partial charge in [0.1, 0.15) is 0 Å². The number of carbonyl (C=O) groups excluding carboxylic acids is 3. The van der Waals surface area contributed by atoms with E-state index in [1.807, 2.05) is 0 Å². The zero-order chi connectivity index (χ0) is 16.3. The lowest BCUT2D eigenvalue weighted by atomic mass is 10.1. The Morgan fingerprint density at radius 1 is 0.909 bits per heavy atom. The first-order chi connectivity index (χ1) is 10.4. The monoisotopic (exact) mass is 317 g/mol. The number of carbonyl (C=O) groups is 3. The maximum Gasteiger partial charge on any atom is 0.255 e. The molecular weight excluding hydrogens is 306 g/mol. The van der Waals surface area contributed by atoms with Crippen LogP contribution in [0.1, 0.15) is 31.1 Å². The fourth-order valence-corrected chi connectivity index (χ4v) is 2.02. The van der Waals surface area contributed by atoms with Crippen LogP contribution in [-0.2, 0) is 0 Å². The van der Waals surface area contributed by atoms with Gasteiger partial charge in [0.05, 0.1) is 10.6 Å². The smallest absolute Gasteiger partial charge is 0.255 e. The lowest BCUT2D eigenvalue weighted by Gasteiger charge is -2.08. The minimum absolute atomic E-state index is 0.102. The van der Waals surface area contributed by atoms with Crippen molar-refractivity contribution in [3.8, 4) is 0 Å². The molecule has 0 saturated carbocycles. The lowest BCUT2D eigenvalue weighted by molar-refractivity contribution is 0.0990. The molecule has 5 N–H and O–H groups in total. The molecule has 0 aromatic heterocycles. The Labute approximate surface area is 131 Å². The Morgan fingerprint density at radius 2 is 1.59 bits per heavy atom. The van der Waals surface area contributed by atoms with Crippen molar-refractivity contribution in [2.75, 3.05) is 5.32 Å². The van der Waals surface area contributed by atoms with E-state index in [4.69, 9.17) is 23.1 Å². The van der Waals surface area contributed by atoms with E-state index < -0.39 is 17.7 Å². The first kappa shape index (κ1) is 15.5. The molecule has 7 heteroatoms. The van der Waals surface area contributed by atoms with E-state index in [1.54, 1.807) is 6.07 Å². The van der Waals surface area contributed by atoms with E-state index in [1.165, 1.54) is 36.4 Å². The number of amides is 3. The van der Waals surface area contributed by atoms with E-state index in [9.17, 15) is 14.4 Å². The number of primary amides is 2. The van der Waals surface area contributed by atoms with Crippen molar-refractivity contribution in [1.29, 1.82) is 0 Å². The van der Waals surface area contributed by atoms with E-state index in [0.29, 0.717) is 5.69 Å². The summed E-state index contributed by atoms with van der Waals surface area (Å²) in [7, 11) is 0. The van der Waals surface area contributed by atoms with Crippen molar-refractivity contribution in [3.63, 3.8) is 0 Å². The molecular formula is C15H12ClN3O3. The van der Waals surface area contributed by atoms with Crippen LogP contribution in [0.4, 0.5) is 5.69 Å². The van der Waals surface area contributed by atoms with Gasteiger partial charge < -0.3 is 16.8 Å². The molecule has 0 atom stereocenters. The van der Waals surface area contributed by atoms with E-state index in [0.717, 1.165) is 0 Å². The summed E-state index contributed by atoms with van der Waals surface area (Å²) in [5.41, 5.74) is 11.3. The van der Waals surface area contributed by atoms with Crippen LogP contribution in [0.25, 0.3) is 0 Å². The predicted molar refractivity (Wildman–Crippen MR) is 82.9 cm³/mol. The minimum Gasteiger partial charge on any atom is -0.366 e. The number of anilines is 1. The van der Waals surface area contributed by atoms with E-state index >= 15 is 0 Å². The highest BCUT2D eigenvalue weighted by Crippen LogP contribution is 2.20. The molecule has 0 aliphatic carbocycles. The van der Waals surface area contributed by atoms with Crippen LogP contribution in [0.2, 0.25) is 5.02 Å². The van der Waals surface area contributed by atoms with Gasteiger partial charge in [-0.25, -0.2) is 0 Å². The molecule has 0 unspecified atom stereocenters. The number of halogens is 1. The van der Waals surface area contributed by atoms with Crippen LogP contribution in [0.15, 0.2) is 42.5 Å². The standard InChI is InChI=1S/C15H12ClN3O3/c16-12-5-4-10(7-11(12)14(18)21)19-15(22)9-3-1-2-8(6-9)13(17)20/h1-7H,(H2,17,20)(H2,18,21)(H,19,22). The molecule has 0 bridgehead atoms. The molecule has 0 aliphatic heterocycles. The number of nitrogens with one attached hydrogen (secondary N) is 1. The summed E-state index contributed by atoms with van der Waals surface area (Å²) in [6.07, 6.45) is 0. The third-order valence-electron chi connectivity index (χ3n) is 2.90. The summed E-state index contributed by atoms with van der Waals surface area (Å²) in [4.78, 5) is 34.5. The van der Waals surface area contributed by atoms with Crippen molar-refractivity contribution in [3.05, 3.63) is 64.2 Å². The van der Waals surface area contributed by atoms with Crippen molar-refractivity contribution < 1.29 is 14.4 Å². The van der Waals surface area contributed by atoms with Crippen molar-refractivity contribution >= 4 is 35.0 Å². The Balaban J connectivity index is 2.26. The lowest BCUT2D eigenvalue weighted by Crippen LogP contribution is -2.16. The van der Waals surface area contributed by atoms with Gasteiger partial charge in [0.25, 0.3) is 5.91 Å². The number of rotatable bonds is 4. The second-order valence-electron chi connectivity index (χ2n) is 4.46. The van der Waals surface area contributed by atoms with Gasteiger partial charge in [0.15, 0.2) is 0 Å². The molecule has 2 rings (SSSR count). The molecule has 2 aromatic carbocycles. The molecule has 0 spiro atoms. The third-order valence-corrected chi connectivity index (χ3v) is 3.23. The largest absolute Gasteiger partial charge is 0.366 e. The molecule has 112 valence electrons. The van der Waals surface area contributed by atoms with Crippen molar-refractivity contribution in [2.24, 2.45) is 11.5 Å². The fraction of sp³-hybridized carbons (Fsp3) is 0. The first-order valence-corrected chi connectivity index (χ1v) is 6.57. The van der Waals surface area contributed by atoms with Crippen LogP contribution in [0.5, 0.6) is 0 Å². The second-order valence-corrected chi connectivity index (χ2v) is 4.87. The second kappa shape index (κ2) is 6.28. The van der Waals surface area contributed by atoms with Crippen LogP contribution in [0, 0.1) is 0 Å². The van der Waals surface area contributed by atoms with Crippen LogP contribution in [-0.4, -0.2) is 17.7 Å². The zero-order valence-corrected chi connectivity index (χ0v) is 12.1. The molecule has 3 amide bonds. The van der Waals surface area contributed by atoms with Gasteiger partial charge in [-0.3, -0.25) is 14.4 Å². The maximum absolute atomic E-state index is 12.1. The minimum atomic E-state index is -0.697. The van der Waals surface area contributed by atoms with Gasteiger partial charge in [-0.1, -0.05) is 17.7 Å². The molecule has 0 saturated heterocycles. The van der Waals surface area contributed by atoms with E-state index in [-0.39, 0.29) is 21.7 Å². The number of hydrogen-bond donors (Lipinski definition) is 3. The van der Waals surface area contributed by atoms with Gasteiger partial charge in [-0.05, 0) is 36.4 Å². The number of nitrogens with two attached hydrogens (primary N) is 2. The normalized spacial score (nSPS) is 10.0. The average molecular weight is 318 g/mol. The molecule has 0 aliphatic rings. The quantitative estimate of drug-likeness (QED) is 0.798. The Kier molecular flexibility index (Phi) is 4.43. The summed E-state index contributed by atoms with van der Waals surface area (Å²) in [6.45, 7) is 0. The van der Waals surface area contributed by atoms with Crippen LogP contribution >= 0.6 is 11.6 Å². The van der Waals surface area contributed by atoms with Crippen LogP contribution in [0.3, 0.4) is 0 Å². The van der Waals surface area contributed by atoms with Crippen molar-refractivity contribution in [2.45, 2.75) is 0 Å². The van der Waals surface area contributed by atoms with Gasteiger partial charge >= 0.3 is 0 Å². The maximum atomic E-state index is 12.1. The SMILES string of the molecule is NC(=O)c1cccc(C(=O)Nc2ccc(Cl)c(C(N)=O)c2)c1. The number of hydrogen-bond acceptors (Lipinski definition) is 3. The fourth-order valence-electron chi connectivity index (χ4n) is 1.81. The first-order valence-electron chi connectivity index (χ1n) is 6.19. The van der Waals surface area contributed by atoms with Gasteiger partial charge in [-0.2, -0.15) is 0 Å². The number of benzene rings is 2. The van der Waals surface area contributed by atoms with Crippen LogP contribution < -0.4 is 16.8 Å². The highest BCUT2D eigenvalue weighted by Gasteiger charge is 2.12. The average Bonchev–Trinajstić information content (AvgIpc) is 2.49. The summed E-state index contributed by atoms with van der Waals surface area (Å²) >= 11 is 5.84. The Hall–Kier alpha value is -2.86. The molecule has 0 radical (unpaired) electrons. The highest BCUT2D eigenvalue weighted by molar-refractivity contribution is 6.34. The van der Waals surface area contributed by atoms with Crippen molar-refractivity contribution in [1.82, 2.24) is 0 Å². The topological polar surface area (TPSA) is 115 Å². The van der Waals surface area contributed by atoms with Gasteiger partial charge in [0, 0.05) is 16.8 Å². The predicted octanol–water partition coefficient (Wildman–Crippen LogP) is 1.79. The molecule has 2 aromatic rings. The highest BCUT2D eigenvalue weighted by atomic mass is 35.5. The van der Waals surface area contributed by atoms with Gasteiger partial charge in [0.2, 0.25) is 11.8 Å². The van der Waals surface area contributed by atoms with E-state index in [2.05, 4.69) is 5.32 Å². The zero-order valence-electron chi connectivity index (χ0n) is 11.3. The molecule has 6 nitrogen and oxygen atoms in total.